The van der Waals surface area contributed by atoms with Crippen molar-refractivity contribution in [3.8, 4) is 0 Å². The lowest BCUT2D eigenvalue weighted by molar-refractivity contribution is -0.344. The molecule has 3 aliphatic rings. The Bertz CT molecular complexity index is 959. The summed E-state index contributed by atoms with van der Waals surface area (Å²) in [6, 6.07) is 0. The van der Waals surface area contributed by atoms with Crippen LogP contribution in [0.3, 0.4) is 0 Å². The van der Waals surface area contributed by atoms with Gasteiger partial charge in [-0.05, 0) is 18.8 Å². The molecule has 9 atom stereocenters. The first-order chi connectivity index (χ1) is 17.9. The van der Waals surface area contributed by atoms with E-state index < -0.39 is 66.8 Å². The highest BCUT2D eigenvalue weighted by Gasteiger charge is 2.55. The lowest BCUT2D eigenvalue weighted by Gasteiger charge is -2.46. The van der Waals surface area contributed by atoms with Crippen molar-refractivity contribution in [1.29, 1.82) is 0 Å². The molecule has 0 amide bonds. The minimum Gasteiger partial charge on any atom is -0.472 e. The fraction of sp³-hybridized carbons (Fsp3) is 0.720. The van der Waals surface area contributed by atoms with Crippen molar-refractivity contribution in [3.05, 3.63) is 11.8 Å². The number of fused-ring (bicyclic) bond motifs is 1. The van der Waals surface area contributed by atoms with Crippen LogP contribution >= 0.6 is 0 Å². The molecule has 0 bridgehead atoms. The summed E-state index contributed by atoms with van der Waals surface area (Å²) in [5.74, 6) is -3.75. The average molecular weight is 543 g/mol. The Balaban J connectivity index is 1.97. The van der Waals surface area contributed by atoms with Gasteiger partial charge in [0.15, 0.2) is 18.3 Å². The Kier molecular flexibility index (Phi) is 9.71. The molecule has 0 spiro atoms. The largest absolute Gasteiger partial charge is 0.472 e. The van der Waals surface area contributed by atoms with Gasteiger partial charge in [-0.2, -0.15) is 0 Å². The second-order valence-electron chi connectivity index (χ2n) is 9.51. The maximum absolute atomic E-state index is 12.3. The first kappa shape index (κ1) is 29.4. The van der Waals surface area contributed by atoms with Crippen molar-refractivity contribution in [2.45, 2.75) is 84.5 Å². The maximum Gasteiger partial charge on any atom is 0.337 e. The van der Waals surface area contributed by atoms with E-state index in [1.54, 1.807) is 0 Å². The number of carbonyl (C=O) groups is 5. The van der Waals surface area contributed by atoms with Crippen molar-refractivity contribution in [3.63, 3.8) is 0 Å². The molecule has 2 heterocycles. The van der Waals surface area contributed by atoms with Gasteiger partial charge in [-0.15, -0.1) is 0 Å². The highest BCUT2D eigenvalue weighted by Crippen LogP contribution is 2.47. The SMILES string of the molecule is COC(=O)C1=CO[C@@H](O[C@@H]2O[C@H](COC(C)=O)[C@@H](OC(C)=O)[C@H](OC(C)=O)[C@H]2OC(C)=O)[C@@H]2[C@H](C)CC[C@H]12. The van der Waals surface area contributed by atoms with Crippen molar-refractivity contribution in [2.75, 3.05) is 13.7 Å². The Morgan fingerprint density at radius 2 is 1.45 bits per heavy atom. The second-order valence-corrected chi connectivity index (χ2v) is 9.51. The molecule has 0 unspecified atom stereocenters. The number of ether oxygens (including phenoxy) is 8. The first-order valence-electron chi connectivity index (χ1n) is 12.3. The van der Waals surface area contributed by atoms with Crippen LogP contribution in [0.25, 0.3) is 0 Å². The molecule has 1 aliphatic carbocycles. The molecule has 38 heavy (non-hydrogen) atoms. The third-order valence-electron chi connectivity index (χ3n) is 6.74. The van der Waals surface area contributed by atoms with E-state index in [1.807, 2.05) is 6.92 Å². The predicted octanol–water partition coefficient (Wildman–Crippen LogP) is 1.16. The number of methoxy groups -OCH3 is 1. The Labute approximate surface area is 220 Å². The number of carbonyl (C=O) groups excluding carboxylic acids is 5. The summed E-state index contributed by atoms with van der Waals surface area (Å²) in [6.45, 7) is 6.22. The molecular weight excluding hydrogens is 508 g/mol. The summed E-state index contributed by atoms with van der Waals surface area (Å²) in [6.07, 6.45) is -4.71. The number of esters is 5. The number of hydrogen-bond donors (Lipinski definition) is 0. The zero-order chi connectivity index (χ0) is 28.1. The van der Waals surface area contributed by atoms with Crippen molar-refractivity contribution < 1.29 is 61.9 Å². The van der Waals surface area contributed by atoms with E-state index in [0.29, 0.717) is 12.0 Å². The van der Waals surface area contributed by atoms with Crippen LogP contribution < -0.4 is 0 Å². The zero-order valence-corrected chi connectivity index (χ0v) is 22.2. The molecule has 13 nitrogen and oxygen atoms in total. The average Bonchev–Trinajstić information content (AvgIpc) is 3.22. The third-order valence-corrected chi connectivity index (χ3v) is 6.74. The molecule has 0 aromatic carbocycles. The van der Waals surface area contributed by atoms with Crippen LogP contribution in [-0.2, 0) is 61.9 Å². The predicted molar refractivity (Wildman–Crippen MR) is 123 cm³/mol. The molecule has 1 saturated heterocycles. The van der Waals surface area contributed by atoms with E-state index >= 15 is 0 Å². The van der Waals surface area contributed by atoms with Gasteiger partial charge in [0.05, 0.1) is 18.9 Å². The summed E-state index contributed by atoms with van der Waals surface area (Å²) in [7, 11) is 1.29. The monoisotopic (exact) mass is 542 g/mol. The first-order valence-corrected chi connectivity index (χ1v) is 12.3. The van der Waals surface area contributed by atoms with Crippen molar-refractivity contribution >= 4 is 29.8 Å². The number of hydrogen-bond acceptors (Lipinski definition) is 13. The molecule has 0 N–H and O–H groups in total. The van der Waals surface area contributed by atoms with Gasteiger partial charge in [0.25, 0.3) is 0 Å². The molecule has 212 valence electrons. The van der Waals surface area contributed by atoms with Crippen LogP contribution in [0.5, 0.6) is 0 Å². The van der Waals surface area contributed by atoms with Gasteiger partial charge in [0, 0.05) is 39.5 Å². The standard InChI is InChI=1S/C25H34O13/c1-11-7-8-16-17(23(30)31-6)9-33-24(19(11)16)38-25-22(36-15(5)29)21(35-14(4)28)20(34-13(3)27)18(37-25)10-32-12(2)26/h9,11,16,18-22,24-25H,7-8,10H2,1-6H3/t11-,16-,18-,19-,20-,21+,22-,24+,25+/m1/s1. The summed E-state index contributed by atoms with van der Waals surface area (Å²) in [5, 5.41) is 0. The Morgan fingerprint density at radius 3 is 2.03 bits per heavy atom. The summed E-state index contributed by atoms with van der Waals surface area (Å²) >= 11 is 0. The summed E-state index contributed by atoms with van der Waals surface area (Å²) in [4.78, 5) is 59.8. The van der Waals surface area contributed by atoms with Gasteiger partial charge >= 0.3 is 29.8 Å². The lowest BCUT2D eigenvalue weighted by atomic mass is 9.83. The van der Waals surface area contributed by atoms with Crippen LogP contribution in [0, 0.1) is 17.8 Å². The van der Waals surface area contributed by atoms with Crippen LogP contribution in [0.4, 0.5) is 0 Å². The molecule has 13 heteroatoms. The van der Waals surface area contributed by atoms with E-state index in [2.05, 4.69) is 0 Å². The molecular formula is C25H34O13. The molecule has 2 aliphatic heterocycles. The highest BCUT2D eigenvalue weighted by molar-refractivity contribution is 5.89. The second kappa shape index (κ2) is 12.6. The summed E-state index contributed by atoms with van der Waals surface area (Å²) < 4.78 is 44.3. The van der Waals surface area contributed by atoms with E-state index in [4.69, 9.17) is 37.9 Å². The van der Waals surface area contributed by atoms with Gasteiger partial charge < -0.3 is 37.9 Å². The highest BCUT2D eigenvalue weighted by atomic mass is 16.8. The smallest absolute Gasteiger partial charge is 0.337 e. The Morgan fingerprint density at radius 1 is 0.842 bits per heavy atom. The van der Waals surface area contributed by atoms with Gasteiger partial charge in [-0.1, -0.05) is 6.92 Å². The van der Waals surface area contributed by atoms with Crippen molar-refractivity contribution in [2.24, 2.45) is 17.8 Å². The van der Waals surface area contributed by atoms with E-state index in [9.17, 15) is 24.0 Å². The topological polar surface area (TPSA) is 159 Å². The van der Waals surface area contributed by atoms with E-state index in [-0.39, 0.29) is 24.4 Å². The molecule has 0 aromatic rings. The number of rotatable bonds is 8. The van der Waals surface area contributed by atoms with Crippen molar-refractivity contribution in [1.82, 2.24) is 0 Å². The van der Waals surface area contributed by atoms with Gasteiger partial charge in [-0.3, -0.25) is 19.2 Å². The Hall–Kier alpha value is -3.19. The van der Waals surface area contributed by atoms with Gasteiger partial charge in [-0.25, -0.2) is 4.79 Å². The fourth-order valence-corrected chi connectivity index (χ4v) is 5.23. The van der Waals surface area contributed by atoms with Gasteiger partial charge in [0.1, 0.15) is 12.7 Å². The summed E-state index contributed by atoms with van der Waals surface area (Å²) in [5.41, 5.74) is 0.392. The molecule has 3 rings (SSSR count). The normalized spacial score (nSPS) is 34.1. The van der Waals surface area contributed by atoms with Crippen LogP contribution in [-0.4, -0.2) is 80.6 Å². The van der Waals surface area contributed by atoms with Crippen LogP contribution in [0.2, 0.25) is 0 Å². The fourth-order valence-electron chi connectivity index (χ4n) is 5.23. The third kappa shape index (κ3) is 6.81. The zero-order valence-electron chi connectivity index (χ0n) is 22.2. The van der Waals surface area contributed by atoms with E-state index in [0.717, 1.165) is 27.2 Å². The van der Waals surface area contributed by atoms with Crippen LogP contribution in [0.1, 0.15) is 47.5 Å². The molecule has 0 aromatic heterocycles. The quantitative estimate of drug-likeness (QED) is 0.318. The molecule has 2 fully saturated rings. The van der Waals surface area contributed by atoms with Gasteiger partial charge in [0.2, 0.25) is 12.6 Å². The molecule has 0 radical (unpaired) electrons. The lowest BCUT2D eigenvalue weighted by Crippen LogP contribution is -2.63. The molecule has 1 saturated carbocycles. The van der Waals surface area contributed by atoms with Crippen LogP contribution in [0.15, 0.2) is 11.8 Å². The van der Waals surface area contributed by atoms with E-state index in [1.165, 1.54) is 20.3 Å². The minimum atomic E-state index is -1.39. The maximum atomic E-state index is 12.3. The minimum absolute atomic E-state index is 0.0871.